The van der Waals surface area contributed by atoms with Gasteiger partial charge in [-0.2, -0.15) is 0 Å². The summed E-state index contributed by atoms with van der Waals surface area (Å²) in [6.45, 7) is 3.88. The van der Waals surface area contributed by atoms with Gasteiger partial charge in [-0.05, 0) is 95.8 Å². The molecular weight excluding hydrogens is 460 g/mol. The fourth-order valence-electron chi connectivity index (χ4n) is 5.10. The lowest BCUT2D eigenvalue weighted by Crippen LogP contribution is -2.20. The van der Waals surface area contributed by atoms with Gasteiger partial charge >= 0.3 is 11.9 Å². The highest BCUT2D eigenvalue weighted by molar-refractivity contribution is 5.92. The largest absolute Gasteiger partial charge is 0.423 e. The number of hydrogen-bond donors (Lipinski definition) is 0. The van der Waals surface area contributed by atoms with E-state index in [1.165, 1.54) is 0 Å². The highest BCUT2D eigenvalue weighted by atomic mass is 16.5. The lowest BCUT2D eigenvalue weighted by atomic mass is 9.77. The van der Waals surface area contributed by atoms with Crippen LogP contribution in [0.15, 0.2) is 97.1 Å². The van der Waals surface area contributed by atoms with Gasteiger partial charge < -0.3 is 9.47 Å². The van der Waals surface area contributed by atoms with Crippen molar-refractivity contribution in [3.05, 3.63) is 142 Å². The van der Waals surface area contributed by atoms with E-state index in [4.69, 9.17) is 9.47 Å². The van der Waals surface area contributed by atoms with Gasteiger partial charge in [-0.15, -0.1) is 0 Å². The van der Waals surface area contributed by atoms with Crippen LogP contribution in [0.5, 0.6) is 11.5 Å². The van der Waals surface area contributed by atoms with Crippen LogP contribution in [0.4, 0.5) is 0 Å². The molecule has 180 valence electrons. The zero-order valence-electron chi connectivity index (χ0n) is 20.5. The second-order valence-corrected chi connectivity index (χ2v) is 9.46. The minimum Gasteiger partial charge on any atom is -0.423 e. The molecule has 0 saturated carbocycles. The van der Waals surface area contributed by atoms with E-state index in [-0.39, 0.29) is 0 Å². The summed E-state index contributed by atoms with van der Waals surface area (Å²) in [4.78, 5) is 25.6. The first-order valence-corrected chi connectivity index (χ1v) is 12.2. The lowest BCUT2D eigenvalue weighted by Gasteiger charge is -2.26. The van der Waals surface area contributed by atoms with E-state index in [0.29, 0.717) is 22.6 Å². The molecule has 4 nitrogen and oxygen atoms in total. The summed E-state index contributed by atoms with van der Waals surface area (Å²) in [6.07, 6.45) is 8.50. The van der Waals surface area contributed by atoms with Crippen molar-refractivity contribution in [2.75, 3.05) is 0 Å². The average Bonchev–Trinajstić information content (AvgIpc) is 3.45. The summed E-state index contributed by atoms with van der Waals surface area (Å²) in [7, 11) is 0. The van der Waals surface area contributed by atoms with Gasteiger partial charge in [0.05, 0.1) is 16.5 Å². The van der Waals surface area contributed by atoms with Crippen LogP contribution < -0.4 is 9.47 Å². The minimum absolute atomic E-state index is 0.392. The molecule has 4 aromatic carbocycles. The van der Waals surface area contributed by atoms with Gasteiger partial charge in [-0.1, -0.05) is 60.7 Å². The molecule has 0 aromatic heterocycles. The topological polar surface area (TPSA) is 52.6 Å². The van der Waals surface area contributed by atoms with Crippen molar-refractivity contribution >= 4 is 24.1 Å². The van der Waals surface area contributed by atoms with Crippen molar-refractivity contribution in [2.24, 2.45) is 0 Å². The molecule has 0 fully saturated rings. The Labute approximate surface area is 215 Å². The van der Waals surface area contributed by atoms with Crippen LogP contribution >= 0.6 is 0 Å². The molecule has 0 N–H and O–H groups in total. The standard InChI is InChI=1S/C33H24O4/c1-21-17-25-13-15-33(27(25)19-29(21)36-31(34)23-9-5-3-6-10-23)16-14-26-18-22(2)30(20-28(26)33)37-32(35)24-11-7-4-8-12-24/h3-20H,1-2H3. The number of allylic oxidation sites excluding steroid dienone is 2. The number of aryl methyl sites for hydroxylation is 2. The Morgan fingerprint density at radius 2 is 1.00 bits per heavy atom. The van der Waals surface area contributed by atoms with E-state index in [1.807, 2.05) is 74.5 Å². The average molecular weight is 485 g/mol. The SMILES string of the molecule is Cc1cc2c(cc1OC(=O)c1ccccc1)C1(C=C2)C=Cc2cc(C)c(OC(=O)c3ccccc3)cc21. The molecule has 0 heterocycles. The first kappa shape index (κ1) is 22.7. The van der Waals surface area contributed by atoms with Gasteiger partial charge in [0.1, 0.15) is 11.5 Å². The number of carbonyl (C=O) groups is 2. The molecule has 0 bridgehead atoms. The van der Waals surface area contributed by atoms with Crippen molar-refractivity contribution in [3.63, 3.8) is 0 Å². The number of rotatable bonds is 4. The summed E-state index contributed by atoms with van der Waals surface area (Å²) >= 11 is 0. The summed E-state index contributed by atoms with van der Waals surface area (Å²) in [5.74, 6) is 0.272. The van der Waals surface area contributed by atoms with Crippen molar-refractivity contribution in [1.82, 2.24) is 0 Å². The van der Waals surface area contributed by atoms with Crippen molar-refractivity contribution in [3.8, 4) is 11.5 Å². The Bertz CT molecular complexity index is 1490. The first-order chi connectivity index (χ1) is 17.9. The summed E-state index contributed by atoms with van der Waals surface area (Å²) in [6, 6.07) is 26.0. The number of fused-ring (bicyclic) bond motifs is 4. The Kier molecular flexibility index (Phi) is 5.38. The van der Waals surface area contributed by atoms with Gasteiger partial charge in [-0.25, -0.2) is 9.59 Å². The molecule has 0 radical (unpaired) electrons. The Morgan fingerprint density at radius 3 is 1.41 bits per heavy atom. The van der Waals surface area contributed by atoms with Crippen LogP contribution in [0.25, 0.3) is 12.2 Å². The highest BCUT2D eigenvalue weighted by Gasteiger charge is 2.40. The summed E-state index contributed by atoms with van der Waals surface area (Å²) in [5.41, 5.74) is 6.41. The predicted molar refractivity (Wildman–Crippen MR) is 144 cm³/mol. The van der Waals surface area contributed by atoms with E-state index in [0.717, 1.165) is 33.4 Å². The maximum Gasteiger partial charge on any atom is 0.343 e. The Hall–Kier alpha value is -4.70. The summed E-state index contributed by atoms with van der Waals surface area (Å²) in [5, 5.41) is 0. The molecule has 0 atom stereocenters. The number of esters is 2. The smallest absolute Gasteiger partial charge is 0.343 e. The zero-order valence-corrected chi connectivity index (χ0v) is 20.5. The van der Waals surface area contributed by atoms with Crippen LogP contribution in [-0.2, 0) is 5.41 Å². The molecule has 4 aromatic rings. The maximum atomic E-state index is 12.8. The van der Waals surface area contributed by atoms with E-state index >= 15 is 0 Å². The Morgan fingerprint density at radius 1 is 0.595 bits per heavy atom. The van der Waals surface area contributed by atoms with E-state index < -0.39 is 17.4 Å². The molecule has 0 aliphatic heterocycles. The van der Waals surface area contributed by atoms with Crippen LogP contribution in [0.1, 0.15) is 54.1 Å². The quantitative estimate of drug-likeness (QED) is 0.229. The first-order valence-electron chi connectivity index (χ1n) is 12.2. The highest BCUT2D eigenvalue weighted by Crippen LogP contribution is 2.50. The third kappa shape index (κ3) is 3.87. The zero-order chi connectivity index (χ0) is 25.6. The second-order valence-electron chi connectivity index (χ2n) is 9.46. The van der Waals surface area contributed by atoms with Gasteiger partial charge in [0.2, 0.25) is 0 Å². The van der Waals surface area contributed by atoms with Gasteiger partial charge in [-0.3, -0.25) is 0 Å². The fraction of sp³-hybridized carbons (Fsp3) is 0.0909. The van der Waals surface area contributed by atoms with Gasteiger partial charge in [0.15, 0.2) is 0 Å². The minimum atomic E-state index is -0.534. The molecular formula is C33H24O4. The van der Waals surface area contributed by atoms with Gasteiger partial charge in [0.25, 0.3) is 0 Å². The number of hydrogen-bond acceptors (Lipinski definition) is 4. The van der Waals surface area contributed by atoms with Crippen LogP contribution in [0.2, 0.25) is 0 Å². The van der Waals surface area contributed by atoms with Crippen LogP contribution in [0.3, 0.4) is 0 Å². The number of carbonyl (C=O) groups excluding carboxylic acids is 2. The molecule has 0 amide bonds. The molecule has 1 spiro atoms. The molecule has 37 heavy (non-hydrogen) atoms. The van der Waals surface area contributed by atoms with E-state index in [2.05, 4.69) is 24.3 Å². The van der Waals surface area contributed by atoms with Crippen LogP contribution in [-0.4, -0.2) is 11.9 Å². The molecule has 2 aliphatic carbocycles. The van der Waals surface area contributed by atoms with E-state index in [1.54, 1.807) is 24.3 Å². The second kappa shape index (κ2) is 8.75. The van der Waals surface area contributed by atoms with Crippen LogP contribution in [0, 0.1) is 13.8 Å². The third-order valence-corrected chi connectivity index (χ3v) is 7.06. The molecule has 0 saturated heterocycles. The normalized spacial score (nSPS) is 13.9. The predicted octanol–water partition coefficient (Wildman–Crippen LogP) is 7.08. The molecule has 0 unspecified atom stereocenters. The van der Waals surface area contributed by atoms with Crippen molar-refractivity contribution in [1.29, 1.82) is 0 Å². The van der Waals surface area contributed by atoms with Gasteiger partial charge in [0, 0.05) is 0 Å². The van der Waals surface area contributed by atoms with Crippen molar-refractivity contribution < 1.29 is 19.1 Å². The van der Waals surface area contributed by atoms with Crippen molar-refractivity contribution in [2.45, 2.75) is 19.3 Å². The van der Waals surface area contributed by atoms with E-state index in [9.17, 15) is 9.59 Å². The number of benzene rings is 4. The molecule has 4 heteroatoms. The molecule has 6 rings (SSSR count). The molecule has 2 aliphatic rings. The lowest BCUT2D eigenvalue weighted by molar-refractivity contribution is 0.0724. The maximum absolute atomic E-state index is 12.8. The number of ether oxygens (including phenoxy) is 2. The summed E-state index contributed by atoms with van der Waals surface area (Å²) < 4.78 is 11.7. The Balaban J connectivity index is 1.37. The third-order valence-electron chi connectivity index (χ3n) is 7.06. The fourth-order valence-corrected chi connectivity index (χ4v) is 5.10. The monoisotopic (exact) mass is 484 g/mol.